The van der Waals surface area contributed by atoms with Crippen molar-refractivity contribution in [1.29, 1.82) is 0 Å². The summed E-state index contributed by atoms with van der Waals surface area (Å²) in [4.78, 5) is 0. The zero-order valence-corrected chi connectivity index (χ0v) is 29.1. The molecule has 1 unspecified atom stereocenters. The van der Waals surface area contributed by atoms with Crippen molar-refractivity contribution in [3.05, 3.63) is 152 Å². The topological polar surface area (TPSA) is 0 Å². The predicted molar refractivity (Wildman–Crippen MR) is 182 cm³/mol. The molecule has 0 saturated heterocycles. The van der Waals surface area contributed by atoms with E-state index in [0.717, 1.165) is 6.42 Å². The van der Waals surface area contributed by atoms with Crippen molar-refractivity contribution in [3.8, 4) is 0 Å². The standard InChI is InChI=1S/C29H35.C13H10.Zr/c1-6-11-24-26(12-7-2)29(5,17-8-3)28(21-13-9-10-14-21)25-19-22-18-20(4)15-16-23(22)27(24)25;1-3-7-12(8-4-1)11-13-9-5-2-6-10-13;/h9-10,13,15-16,18H,6-8,11-12,14,17H2,1-5H3;1-10H;/q-1;;. The van der Waals surface area contributed by atoms with Gasteiger partial charge in [-0.15, -0.1) is 33.7 Å². The number of rotatable bonds is 9. The number of fused-ring (bicyclic) bond motifs is 2. The molecule has 6 rings (SSSR count). The molecule has 3 aromatic rings. The van der Waals surface area contributed by atoms with Gasteiger partial charge < -0.3 is 0 Å². The molecule has 0 radical (unpaired) electrons. The molecule has 0 fully saturated rings. The predicted octanol–water partition coefficient (Wildman–Crippen LogP) is 9.52. The Balaban J connectivity index is 0.000000220. The second kappa shape index (κ2) is 14.3. The van der Waals surface area contributed by atoms with Gasteiger partial charge >= 0.3 is 99.2 Å². The van der Waals surface area contributed by atoms with Crippen LogP contribution in [0.5, 0.6) is 0 Å². The number of hydrogen-bond donors (Lipinski definition) is 0. The molecule has 3 aromatic carbocycles. The van der Waals surface area contributed by atoms with E-state index in [1.54, 1.807) is 16.7 Å². The van der Waals surface area contributed by atoms with Gasteiger partial charge in [-0.3, -0.25) is 0 Å². The summed E-state index contributed by atoms with van der Waals surface area (Å²) in [5.74, 6) is 0. The van der Waals surface area contributed by atoms with E-state index in [0.29, 0.717) is 0 Å². The fraction of sp³-hybridized carbons (Fsp3) is 0.310. The van der Waals surface area contributed by atoms with Crippen LogP contribution >= 0.6 is 0 Å². The minimum absolute atomic E-state index is 0.121. The second-order valence-electron chi connectivity index (χ2n) is 12.3. The first-order valence-electron chi connectivity index (χ1n) is 16.2. The van der Waals surface area contributed by atoms with Crippen LogP contribution in [0.2, 0.25) is 0 Å². The van der Waals surface area contributed by atoms with Crippen LogP contribution < -0.4 is 10.4 Å². The molecule has 0 aliphatic heterocycles. The van der Waals surface area contributed by atoms with Crippen LogP contribution in [-0.4, -0.2) is 3.21 Å². The van der Waals surface area contributed by atoms with E-state index >= 15 is 0 Å². The second-order valence-corrected chi connectivity index (χ2v) is 13.5. The van der Waals surface area contributed by atoms with Gasteiger partial charge in [-0.05, 0) is 38.0 Å². The molecule has 0 aromatic heterocycles. The normalized spacial score (nSPS) is 18.5. The van der Waals surface area contributed by atoms with Gasteiger partial charge in [0.25, 0.3) is 0 Å². The summed E-state index contributed by atoms with van der Waals surface area (Å²) in [6.07, 6.45) is 19.1. The van der Waals surface area contributed by atoms with Gasteiger partial charge in [0.05, 0.1) is 0 Å². The van der Waals surface area contributed by atoms with E-state index in [1.807, 2.05) is 0 Å². The maximum atomic E-state index is 3.91. The molecule has 0 amide bonds. The van der Waals surface area contributed by atoms with Gasteiger partial charge in [0.1, 0.15) is 0 Å². The molecule has 0 N–H and O–H groups in total. The van der Waals surface area contributed by atoms with Gasteiger partial charge in [-0.1, -0.05) is 105 Å². The van der Waals surface area contributed by atoms with Crippen LogP contribution in [0.1, 0.15) is 89.3 Å². The zero-order valence-electron chi connectivity index (χ0n) is 26.7. The summed E-state index contributed by atoms with van der Waals surface area (Å²) in [5, 5.41) is 2.70. The molecule has 218 valence electrons. The van der Waals surface area contributed by atoms with Crippen LogP contribution in [0, 0.1) is 12.3 Å². The SMILES string of the molecule is CCCC1=C(CCC)C(C)(CCC)C(C2=CC=CC2)=C2[C-]=c3cc(C)ccc3=C21.[Zr]=[C](c1ccccc1)c1ccccc1. The van der Waals surface area contributed by atoms with Crippen molar-refractivity contribution in [2.24, 2.45) is 5.41 Å². The first-order chi connectivity index (χ1) is 20.9. The number of aryl methyl sites for hydroxylation is 1. The average molecular weight is 641 g/mol. The summed E-state index contributed by atoms with van der Waals surface area (Å²) in [6.45, 7) is 11.7. The van der Waals surface area contributed by atoms with Gasteiger partial charge in [0.2, 0.25) is 0 Å². The Morgan fingerprint density at radius 1 is 0.837 bits per heavy atom. The molecule has 0 spiro atoms. The molecular weight excluding hydrogens is 596 g/mol. The number of allylic oxidation sites excluding steroid dienone is 8. The third-order valence-corrected chi connectivity index (χ3v) is 10.5. The Labute approximate surface area is 274 Å². The molecule has 0 nitrogen and oxygen atoms in total. The fourth-order valence-electron chi connectivity index (χ4n) is 7.23. The van der Waals surface area contributed by atoms with Crippen LogP contribution in [0.15, 0.2) is 125 Å². The van der Waals surface area contributed by atoms with E-state index in [2.05, 4.69) is 138 Å². The van der Waals surface area contributed by atoms with Crippen molar-refractivity contribution in [1.82, 2.24) is 0 Å². The van der Waals surface area contributed by atoms with Gasteiger partial charge in [-0.25, -0.2) is 0 Å². The van der Waals surface area contributed by atoms with E-state index in [4.69, 9.17) is 0 Å². The minimum atomic E-state index is 0.121. The molecule has 0 saturated carbocycles. The van der Waals surface area contributed by atoms with E-state index in [-0.39, 0.29) is 5.41 Å². The van der Waals surface area contributed by atoms with E-state index < -0.39 is 0 Å². The quantitative estimate of drug-likeness (QED) is 0.204. The van der Waals surface area contributed by atoms with Crippen molar-refractivity contribution in [3.63, 3.8) is 0 Å². The molecule has 3 aliphatic carbocycles. The third-order valence-electron chi connectivity index (χ3n) is 9.06. The zero-order chi connectivity index (χ0) is 30.4. The Bertz CT molecular complexity index is 1690. The molecular formula is C42H45Zr-. The molecule has 0 bridgehead atoms. The van der Waals surface area contributed by atoms with E-state index in [9.17, 15) is 0 Å². The average Bonchev–Trinajstić information content (AvgIpc) is 3.68. The number of hydrogen-bond acceptors (Lipinski definition) is 0. The Kier molecular flexibility index (Phi) is 10.5. The summed E-state index contributed by atoms with van der Waals surface area (Å²) in [7, 11) is 0. The van der Waals surface area contributed by atoms with Crippen LogP contribution in [0.25, 0.3) is 11.6 Å². The first-order valence-corrected chi connectivity index (χ1v) is 17.4. The molecule has 1 atom stereocenters. The molecule has 3 aliphatic rings. The Hall–Kier alpha value is -2.89. The number of benzene rings is 3. The molecule has 1 heteroatoms. The van der Waals surface area contributed by atoms with Crippen molar-refractivity contribution in [2.45, 2.75) is 79.6 Å². The maximum absolute atomic E-state index is 3.91. The Morgan fingerprint density at radius 3 is 2.05 bits per heavy atom. The summed E-state index contributed by atoms with van der Waals surface area (Å²) in [5.41, 5.74) is 13.4. The van der Waals surface area contributed by atoms with Crippen molar-refractivity contribution < 1.29 is 24.2 Å². The first kappa shape index (κ1) is 31.5. The van der Waals surface area contributed by atoms with E-state index in [1.165, 1.54) is 110 Å². The van der Waals surface area contributed by atoms with Crippen LogP contribution in [0.3, 0.4) is 0 Å². The van der Waals surface area contributed by atoms with Gasteiger partial charge in [0, 0.05) is 0 Å². The van der Waals surface area contributed by atoms with Crippen molar-refractivity contribution in [2.75, 3.05) is 0 Å². The van der Waals surface area contributed by atoms with Crippen LogP contribution in [0.4, 0.5) is 0 Å². The van der Waals surface area contributed by atoms with Crippen molar-refractivity contribution >= 4 is 14.9 Å². The molecule has 43 heavy (non-hydrogen) atoms. The van der Waals surface area contributed by atoms with Crippen LogP contribution in [-0.2, 0) is 24.2 Å². The summed E-state index contributed by atoms with van der Waals surface area (Å²) < 4.78 is 1.42. The summed E-state index contributed by atoms with van der Waals surface area (Å²) in [6, 6.07) is 28.1. The van der Waals surface area contributed by atoms with Gasteiger partial charge in [0.15, 0.2) is 0 Å². The van der Waals surface area contributed by atoms with Gasteiger partial charge in [-0.2, -0.15) is 0 Å². The fourth-order valence-corrected chi connectivity index (χ4v) is 8.04. The monoisotopic (exact) mass is 639 g/mol. The third kappa shape index (κ3) is 6.49. The molecule has 0 heterocycles. The Morgan fingerprint density at radius 2 is 1.49 bits per heavy atom. The summed E-state index contributed by atoms with van der Waals surface area (Å²) >= 11 is 1.46.